The smallest absolute Gasteiger partial charge is 0.295 e. The van der Waals surface area contributed by atoms with Crippen LogP contribution in [0.25, 0.3) is 27.1 Å². The summed E-state index contributed by atoms with van der Waals surface area (Å²) in [5, 5.41) is 3.04. The van der Waals surface area contributed by atoms with Crippen molar-refractivity contribution in [2.75, 3.05) is 41.8 Å². The Balaban J connectivity index is 1.31. The molecule has 4 heterocycles. The Hall–Kier alpha value is -5.98. The number of hydrogen-bond acceptors (Lipinski definition) is 18. The summed E-state index contributed by atoms with van der Waals surface area (Å²) < 4.78 is 213. The summed E-state index contributed by atoms with van der Waals surface area (Å²) in [6.07, 6.45) is 8.94. The van der Waals surface area contributed by atoms with Crippen LogP contribution in [0.1, 0.15) is 54.9 Å². The van der Waals surface area contributed by atoms with Crippen LogP contribution in [0.15, 0.2) is 146 Å². The first-order chi connectivity index (χ1) is 37.9. The predicted molar refractivity (Wildman–Crippen MR) is 308 cm³/mol. The van der Waals surface area contributed by atoms with E-state index in [9.17, 15) is 82.6 Å². The number of nitrogens with one attached hydrogen (secondary N) is 1. The molecule has 7 N–H and O–H groups in total. The zero-order valence-electron chi connectivity index (χ0n) is 43.3. The van der Waals surface area contributed by atoms with Crippen LogP contribution in [0, 0.1) is 0 Å². The van der Waals surface area contributed by atoms with E-state index >= 15 is 0 Å². The molecule has 0 aliphatic carbocycles. The van der Waals surface area contributed by atoms with Crippen molar-refractivity contribution in [2.24, 2.45) is 0 Å². The quantitative estimate of drug-likeness (QED) is 0.0143. The third-order valence-corrected chi connectivity index (χ3v) is 20.6. The van der Waals surface area contributed by atoms with Crippen molar-refractivity contribution in [1.29, 1.82) is 0 Å². The van der Waals surface area contributed by atoms with E-state index in [4.69, 9.17) is 0 Å². The van der Waals surface area contributed by atoms with Crippen LogP contribution in [0.3, 0.4) is 0 Å². The van der Waals surface area contributed by atoms with Gasteiger partial charge in [0.25, 0.3) is 66.6 Å². The van der Waals surface area contributed by atoms with Gasteiger partial charge in [0.05, 0.1) is 32.2 Å². The summed E-state index contributed by atoms with van der Waals surface area (Å²) in [7, 11) is -27.1. The van der Waals surface area contributed by atoms with E-state index in [0.717, 1.165) is 17.2 Å². The average Bonchev–Trinajstić information content (AvgIpc) is 2.51. The molecular formula is C50H50N5O19S8+. The van der Waals surface area contributed by atoms with Crippen molar-refractivity contribution in [3.63, 3.8) is 0 Å². The number of carbonyl (C=O) groups excluding carboxylic acids is 1. The summed E-state index contributed by atoms with van der Waals surface area (Å²) in [5.74, 6) is -1.72. The molecule has 24 nitrogen and oxygen atoms in total. The van der Waals surface area contributed by atoms with E-state index in [2.05, 4.69) is 15.3 Å². The van der Waals surface area contributed by atoms with Crippen molar-refractivity contribution >= 4 is 132 Å². The van der Waals surface area contributed by atoms with E-state index in [1.165, 1.54) is 98.0 Å². The van der Waals surface area contributed by atoms with Crippen LogP contribution >= 0.6 is 21.6 Å². The lowest BCUT2D eigenvalue weighted by Crippen LogP contribution is -2.30. The average molecular weight is 1280 g/mol. The normalized spacial score (nSPS) is 16.4. The zero-order chi connectivity index (χ0) is 60.3. The third kappa shape index (κ3) is 13.3. The number of fused-ring (bicyclic) bond motifs is 6. The summed E-state index contributed by atoms with van der Waals surface area (Å²) in [5.41, 5.74) is -1.06. The van der Waals surface area contributed by atoms with Gasteiger partial charge < -0.3 is 10.2 Å². The van der Waals surface area contributed by atoms with Gasteiger partial charge in [-0.2, -0.15) is 55.1 Å². The van der Waals surface area contributed by atoms with Gasteiger partial charge in [0.2, 0.25) is 5.69 Å². The molecule has 0 fully saturated rings. The van der Waals surface area contributed by atoms with Gasteiger partial charge in [-0.3, -0.25) is 37.1 Å². The fourth-order valence-corrected chi connectivity index (χ4v) is 15.3. The lowest BCUT2D eigenvalue weighted by molar-refractivity contribution is -0.432. The molecule has 0 unspecified atom stereocenters. The van der Waals surface area contributed by atoms with Gasteiger partial charge in [0.15, 0.2) is 12.3 Å². The number of amides is 1. The van der Waals surface area contributed by atoms with Gasteiger partial charge in [-0.25, -0.2) is 4.98 Å². The molecule has 82 heavy (non-hydrogen) atoms. The maximum absolute atomic E-state index is 13.4. The molecule has 0 bridgehead atoms. The van der Waals surface area contributed by atoms with Gasteiger partial charge in [-0.1, -0.05) is 42.9 Å². The summed E-state index contributed by atoms with van der Waals surface area (Å²) in [6, 6.07) is 16.8. The van der Waals surface area contributed by atoms with Crippen LogP contribution in [0.2, 0.25) is 0 Å². The molecule has 2 aliphatic heterocycles. The number of carbonyl (C=O) groups is 1. The van der Waals surface area contributed by atoms with Crippen LogP contribution in [0.4, 0.5) is 11.4 Å². The molecule has 0 saturated carbocycles. The number of rotatable bonds is 20. The van der Waals surface area contributed by atoms with Gasteiger partial charge >= 0.3 is 0 Å². The maximum Gasteiger partial charge on any atom is 0.295 e. The largest absolute Gasteiger partial charge is 0.351 e. The minimum atomic E-state index is -5.17. The highest BCUT2D eigenvalue weighted by molar-refractivity contribution is 8.76. The molecule has 0 spiro atoms. The molecule has 4 aromatic carbocycles. The zero-order valence-corrected chi connectivity index (χ0v) is 49.8. The van der Waals surface area contributed by atoms with E-state index < -0.39 is 122 Å². The molecule has 2 aromatic heterocycles. The number of nitrogens with zero attached hydrogens (tertiary/aromatic N) is 4. The standard InChI is InChI=1S/C50H49N5O19S8/c1-49(2)43(54(20-23-77(57,58)59)39-14-11-34-36(46(39)49)25-32(79(63,64)65)27-41(34)81(69,70)71)16-9-30(38-13-8-31(29-53-38)48(56)52-19-22-75-76-45-7-5-6-18-51-45)10-17-44-50(3,4)47-37-26-33(80(66,67)68)28-42(82(72,73)74)35(37)12-15-40(47)55(44)21-24-78(60,61)62/h5-18,25-29H,19-24H2,1-4H3,(H6-,52,56,57,58,59,60,61,62,63,64,65,66,67,68,69,70,71,72,73,74)/p+1. The second-order valence-electron chi connectivity index (χ2n) is 19.6. The monoisotopic (exact) mass is 1280 g/mol. The van der Waals surface area contributed by atoms with Gasteiger partial charge in [-0.05, 0) is 114 Å². The molecule has 2 aliphatic rings. The topological polar surface area (TPSA) is 387 Å². The lowest BCUT2D eigenvalue weighted by Gasteiger charge is -2.27. The van der Waals surface area contributed by atoms with Crippen LogP contribution in [-0.4, -0.2) is 141 Å². The van der Waals surface area contributed by atoms with Crippen molar-refractivity contribution < 1.29 is 87.2 Å². The molecule has 1 amide bonds. The summed E-state index contributed by atoms with van der Waals surface area (Å²) in [4.78, 5) is 20.1. The Morgan fingerprint density at radius 1 is 0.671 bits per heavy atom. The highest BCUT2D eigenvalue weighted by atomic mass is 33.1. The molecule has 0 radical (unpaired) electrons. The Morgan fingerprint density at radius 3 is 1.80 bits per heavy atom. The summed E-state index contributed by atoms with van der Waals surface area (Å²) >= 11 is 0. The molecular weight excluding hydrogens is 1230 g/mol. The molecule has 32 heteroatoms. The summed E-state index contributed by atoms with van der Waals surface area (Å²) in [6.45, 7) is 5.82. The first kappa shape index (κ1) is 62.1. The number of pyridine rings is 2. The van der Waals surface area contributed by atoms with Crippen molar-refractivity contribution in [3.8, 4) is 0 Å². The van der Waals surface area contributed by atoms with Crippen molar-refractivity contribution in [3.05, 3.63) is 144 Å². The fourth-order valence-electron chi connectivity index (χ4n) is 9.97. The third-order valence-electron chi connectivity index (χ3n) is 13.5. The number of benzene rings is 4. The van der Waals surface area contributed by atoms with Gasteiger partial charge in [0.1, 0.15) is 20.6 Å². The molecule has 0 saturated heterocycles. The van der Waals surface area contributed by atoms with Crippen LogP contribution < -0.4 is 10.2 Å². The Kier molecular flexibility index (Phi) is 17.1. The van der Waals surface area contributed by atoms with Crippen molar-refractivity contribution in [2.45, 2.75) is 63.1 Å². The van der Waals surface area contributed by atoms with Gasteiger partial charge in [0, 0.05) is 82.1 Å². The highest BCUT2D eigenvalue weighted by Crippen LogP contribution is 2.52. The molecule has 8 rings (SSSR count). The Morgan fingerprint density at radius 2 is 1.27 bits per heavy atom. The van der Waals surface area contributed by atoms with E-state index in [1.807, 2.05) is 12.1 Å². The van der Waals surface area contributed by atoms with Crippen LogP contribution in [-0.2, 0) is 71.5 Å². The number of aromatic nitrogens is 2. The minimum Gasteiger partial charge on any atom is -0.351 e. The van der Waals surface area contributed by atoms with Gasteiger partial charge in [-0.15, -0.1) is 0 Å². The van der Waals surface area contributed by atoms with E-state index in [0.29, 0.717) is 17.9 Å². The lowest BCUT2D eigenvalue weighted by atomic mass is 9.79. The number of allylic oxidation sites excluding steroid dienone is 6. The highest BCUT2D eigenvalue weighted by Gasteiger charge is 2.47. The first-order valence-electron chi connectivity index (χ1n) is 23.9. The minimum absolute atomic E-state index is 0.0972. The second kappa shape index (κ2) is 22.5. The predicted octanol–water partition coefficient (Wildman–Crippen LogP) is 6.41. The number of hydrogen-bond donors (Lipinski definition) is 7. The number of anilines is 1. The SMILES string of the molecule is CC1(C)C(/C=C/C(=C/C=C2/N(CCS(=O)(=O)O)c3ccc4c(S(=O)(=O)O)cc(S(=O)(=O)O)cc4c3C2(C)C)c2ccc(C(=O)NCCSSc3ccccn3)cn2)=[N+](CCS(=O)(=O)O)c2ccc3c(S(=O)(=O)O)cc(S(=O)(=O)O)cc3c21. The van der Waals surface area contributed by atoms with E-state index in [-0.39, 0.29) is 78.8 Å². The van der Waals surface area contributed by atoms with Crippen LogP contribution in [0.5, 0.6) is 0 Å². The Bertz CT molecular complexity index is 4490. The van der Waals surface area contributed by atoms with E-state index in [1.54, 1.807) is 40.0 Å². The van der Waals surface area contributed by atoms with Crippen molar-refractivity contribution in [1.82, 2.24) is 15.3 Å². The molecule has 6 aromatic rings. The Labute approximate surface area is 480 Å². The maximum atomic E-state index is 13.4. The first-order valence-corrected chi connectivity index (χ1v) is 35.2. The molecule has 0 atom stereocenters. The molecule has 436 valence electrons. The second-order valence-corrected chi connectivity index (χ2v) is 30.8. The fraction of sp³-hybridized carbons (Fsp3) is 0.240.